The van der Waals surface area contributed by atoms with Crippen LogP contribution in [0.4, 0.5) is 68.2 Å². The van der Waals surface area contributed by atoms with E-state index in [1.54, 1.807) is 49.4 Å². The molecular weight excluding hydrogens is 1380 g/mol. The third-order valence-corrected chi connectivity index (χ3v) is 19.0. The highest BCUT2D eigenvalue weighted by atomic mass is 32.2. The van der Waals surface area contributed by atoms with Crippen LogP contribution in [0, 0.1) is 6.92 Å². The maximum absolute atomic E-state index is 13.5. The van der Waals surface area contributed by atoms with E-state index in [-0.39, 0.29) is 90.7 Å². The quantitative estimate of drug-likeness (QED) is 0.0250. The molecular formula is C62H47N11O20S5. The third-order valence-electron chi connectivity index (χ3n) is 14.6. The number of hydrogen-bond donors (Lipinski definition) is 10. The van der Waals surface area contributed by atoms with Crippen molar-refractivity contribution in [1.82, 2.24) is 0 Å². The Labute approximate surface area is 554 Å². The normalized spacial score (nSPS) is 12.9. The van der Waals surface area contributed by atoms with Crippen LogP contribution >= 0.6 is 0 Å². The molecule has 0 radical (unpaired) electrons. The first-order valence-electron chi connectivity index (χ1n) is 28.1. The van der Waals surface area contributed by atoms with Crippen LogP contribution in [-0.4, -0.2) is 91.9 Å². The Morgan fingerprint density at radius 1 is 0.398 bits per heavy atom. The molecule has 500 valence electrons. The zero-order valence-corrected chi connectivity index (χ0v) is 54.1. The second kappa shape index (κ2) is 26.4. The monoisotopic (exact) mass is 1430 g/mol. The Kier molecular flexibility index (Phi) is 18.4. The molecule has 10 N–H and O–H groups in total. The molecule has 0 aliphatic carbocycles. The molecule has 0 atom stereocenters. The highest BCUT2D eigenvalue weighted by molar-refractivity contribution is 7.87. The van der Waals surface area contributed by atoms with Crippen LogP contribution in [0.5, 0.6) is 28.7 Å². The molecule has 31 nitrogen and oxygen atoms in total. The van der Waals surface area contributed by atoms with Crippen LogP contribution in [0.15, 0.2) is 239 Å². The van der Waals surface area contributed by atoms with Gasteiger partial charge in [-0.1, -0.05) is 43.3 Å². The second-order valence-corrected chi connectivity index (χ2v) is 28.2. The zero-order chi connectivity index (χ0) is 70.4. The van der Waals surface area contributed by atoms with E-state index in [1.165, 1.54) is 79.7 Å². The number of aromatic hydroxyl groups is 4. The number of anilines is 2. The molecule has 11 aromatic carbocycles. The average Bonchev–Trinajstić information content (AvgIpc) is 0.753. The molecule has 0 unspecified atom stereocenters. The fourth-order valence-electron chi connectivity index (χ4n) is 10.0. The lowest BCUT2D eigenvalue weighted by Gasteiger charge is -2.14. The van der Waals surface area contributed by atoms with E-state index in [1.807, 2.05) is 0 Å². The number of benzene rings is 11. The summed E-state index contributed by atoms with van der Waals surface area (Å²) in [5.41, 5.74) is -1.18. The summed E-state index contributed by atoms with van der Waals surface area (Å²) in [6.45, 7) is 3.23. The Balaban J connectivity index is 0.941. The molecule has 36 heteroatoms. The minimum absolute atomic E-state index is 0.0137. The van der Waals surface area contributed by atoms with Gasteiger partial charge < -0.3 is 30.5 Å². The van der Waals surface area contributed by atoms with E-state index >= 15 is 0 Å². The summed E-state index contributed by atoms with van der Waals surface area (Å²) in [4.78, 5) is -4.42. The summed E-state index contributed by atoms with van der Waals surface area (Å²) >= 11 is 0. The Morgan fingerprint density at radius 3 is 1.63 bits per heavy atom. The summed E-state index contributed by atoms with van der Waals surface area (Å²) in [6, 6.07) is 35.9. The Hall–Kier alpha value is -11.2. The molecule has 0 amide bonds. The van der Waals surface area contributed by atoms with Gasteiger partial charge in [-0.3, -0.25) is 22.8 Å². The summed E-state index contributed by atoms with van der Waals surface area (Å²) in [5, 5.41) is 89.5. The standard InChI is InChI=1S/C62H47N11O20S5/c1-3-23-93-53-31-49(69-71-51-28-37(94(78,79)80)26-34-27-38(95(81,82)83)29-52(74)56(34)51)32(2)24-50(53)70-73-58-55(97(87,88)89)30-43-42(61(58)77)18-22-48(62(43)98(90,91)92)68-72-57-40-16-21-47(60(76)41(40)17-20-45(57)63-35-9-5-4-6-10-35)66-64-36-14-15-39-33(25-36)13-19-46(59(39)75)67-65-44-11-7-8-12-54(44)96(84,85)86/h4-22,24-31,63,74-77H,3,23H2,1-2H3,(H,78,79,80)(H,81,82,83)(H,84,85,86)(H,87,88,89)(H,90,91,92). The topological polar surface area (TPSA) is 498 Å². The van der Waals surface area contributed by atoms with Gasteiger partial charge in [0.25, 0.3) is 50.6 Å². The van der Waals surface area contributed by atoms with Crippen molar-refractivity contribution in [1.29, 1.82) is 0 Å². The molecule has 0 heterocycles. The molecule has 11 rings (SSSR count). The van der Waals surface area contributed by atoms with Gasteiger partial charge in [0.05, 0.1) is 44.5 Å². The van der Waals surface area contributed by atoms with E-state index in [9.17, 15) is 85.3 Å². The number of ether oxygens (including phenoxy) is 1. The van der Waals surface area contributed by atoms with E-state index in [4.69, 9.17) is 4.74 Å². The lowest BCUT2D eigenvalue weighted by atomic mass is 10.0. The van der Waals surface area contributed by atoms with Gasteiger partial charge in [0.2, 0.25) is 0 Å². The van der Waals surface area contributed by atoms with Crippen LogP contribution in [0.25, 0.3) is 43.1 Å². The van der Waals surface area contributed by atoms with Gasteiger partial charge in [0, 0.05) is 44.8 Å². The van der Waals surface area contributed by atoms with Gasteiger partial charge in [-0.25, -0.2) is 0 Å². The molecule has 0 saturated heterocycles. The van der Waals surface area contributed by atoms with E-state index < -0.39 is 120 Å². The van der Waals surface area contributed by atoms with Gasteiger partial charge in [-0.15, -0.1) is 40.9 Å². The van der Waals surface area contributed by atoms with Crippen molar-refractivity contribution in [2.45, 2.75) is 44.7 Å². The number of rotatable bonds is 20. The van der Waals surface area contributed by atoms with Gasteiger partial charge in [-0.05, 0) is 145 Å². The minimum Gasteiger partial charge on any atom is -0.507 e. The fraction of sp³-hybridized carbons (Fsp3) is 0.0645. The predicted octanol–water partition coefficient (Wildman–Crippen LogP) is 16.3. The number of para-hydroxylation sites is 1. The highest BCUT2D eigenvalue weighted by Gasteiger charge is 2.29. The van der Waals surface area contributed by atoms with Crippen molar-refractivity contribution in [3.05, 3.63) is 169 Å². The van der Waals surface area contributed by atoms with E-state index in [2.05, 4.69) is 56.5 Å². The largest absolute Gasteiger partial charge is 0.507 e. The molecule has 0 saturated carbocycles. The smallest absolute Gasteiger partial charge is 0.297 e. The number of nitrogens with one attached hydrogen (secondary N) is 1. The van der Waals surface area contributed by atoms with Crippen LogP contribution < -0.4 is 10.1 Å². The first-order chi connectivity index (χ1) is 46.3. The lowest BCUT2D eigenvalue weighted by Crippen LogP contribution is -2.03. The van der Waals surface area contributed by atoms with Crippen molar-refractivity contribution >= 4 is 162 Å². The van der Waals surface area contributed by atoms with Gasteiger partial charge >= 0.3 is 0 Å². The molecule has 0 spiro atoms. The minimum atomic E-state index is -5.51. The zero-order valence-electron chi connectivity index (χ0n) is 50.0. The number of fused-ring (bicyclic) bond motifs is 4. The highest BCUT2D eigenvalue weighted by Crippen LogP contribution is 2.49. The van der Waals surface area contributed by atoms with E-state index in [0.717, 1.165) is 36.4 Å². The molecule has 0 fully saturated rings. The predicted molar refractivity (Wildman–Crippen MR) is 356 cm³/mol. The number of azo groups is 5. The molecule has 11 aromatic rings. The average molecular weight is 1430 g/mol. The third kappa shape index (κ3) is 14.3. The summed E-state index contributed by atoms with van der Waals surface area (Å²) < 4.78 is 182. The van der Waals surface area contributed by atoms with Crippen molar-refractivity contribution in [2.75, 3.05) is 11.9 Å². The van der Waals surface area contributed by atoms with Crippen LogP contribution in [0.2, 0.25) is 0 Å². The van der Waals surface area contributed by atoms with E-state index in [0.29, 0.717) is 35.0 Å². The van der Waals surface area contributed by atoms with Gasteiger partial charge in [0.15, 0.2) is 17.2 Å². The fourth-order valence-corrected chi connectivity index (χ4v) is 13.2. The van der Waals surface area contributed by atoms with Crippen LogP contribution in [0.3, 0.4) is 0 Å². The number of phenolic OH excluding ortho intramolecular Hbond substituents is 4. The summed E-state index contributed by atoms with van der Waals surface area (Å²) in [5.74, 6) is -2.70. The first-order valence-corrected chi connectivity index (χ1v) is 35.3. The molecule has 0 bridgehead atoms. The molecule has 98 heavy (non-hydrogen) atoms. The molecule has 0 aliphatic heterocycles. The number of aryl methyl sites for hydroxylation is 1. The van der Waals surface area contributed by atoms with Crippen molar-refractivity contribution in [2.24, 2.45) is 51.1 Å². The number of phenols is 4. The Bertz CT molecular complexity index is 5940. The Morgan fingerprint density at radius 2 is 0.949 bits per heavy atom. The molecule has 0 aromatic heterocycles. The van der Waals surface area contributed by atoms with Crippen LogP contribution in [-0.2, 0) is 50.6 Å². The van der Waals surface area contributed by atoms with Crippen molar-refractivity contribution < 1.29 is 90.0 Å². The maximum atomic E-state index is 13.5. The van der Waals surface area contributed by atoms with Crippen molar-refractivity contribution in [3.63, 3.8) is 0 Å². The number of hydrogen-bond acceptors (Lipinski definition) is 26. The SMILES string of the molecule is CCCOc1cc(N=Nc2cc(S(=O)(=O)O)cc3cc(S(=O)(=O)O)cc(O)c23)c(C)cc1N=Nc1c(S(=O)(=O)O)cc2c(S(=O)(=O)O)c(N=Nc3c(Nc4ccccc4)ccc4c(O)c(N=Nc5ccc6c(O)c(N=Nc7ccccc7S(=O)(=O)O)ccc6c5)ccc34)ccc2c1O. The first kappa shape index (κ1) is 68.2. The van der Waals surface area contributed by atoms with Gasteiger partial charge in [-0.2, -0.15) is 52.3 Å². The van der Waals surface area contributed by atoms with Crippen molar-refractivity contribution in [3.8, 4) is 28.7 Å². The van der Waals surface area contributed by atoms with Crippen LogP contribution in [0.1, 0.15) is 18.9 Å². The summed E-state index contributed by atoms with van der Waals surface area (Å²) in [7, 11) is -25.6. The number of nitrogens with zero attached hydrogens (tertiary/aromatic N) is 10. The second-order valence-electron chi connectivity index (χ2n) is 21.2. The van der Waals surface area contributed by atoms with Gasteiger partial charge in [0.1, 0.15) is 66.0 Å². The molecule has 0 aliphatic rings. The lowest BCUT2D eigenvalue weighted by molar-refractivity contribution is 0.318. The maximum Gasteiger partial charge on any atom is 0.297 e. The summed E-state index contributed by atoms with van der Waals surface area (Å²) in [6.07, 6.45) is 0.403.